The summed E-state index contributed by atoms with van der Waals surface area (Å²) < 4.78 is 0. The van der Waals surface area contributed by atoms with E-state index in [1.54, 1.807) is 0 Å². The van der Waals surface area contributed by atoms with Gasteiger partial charge in [0.2, 0.25) is 0 Å². The lowest BCUT2D eigenvalue weighted by molar-refractivity contribution is 0.505. The summed E-state index contributed by atoms with van der Waals surface area (Å²) in [5.41, 5.74) is 0. The predicted octanol–water partition coefficient (Wildman–Crippen LogP) is 1.28. The topological polar surface area (TPSA) is 6.25 Å². The van der Waals surface area contributed by atoms with Crippen LogP contribution in [0.25, 0.3) is 0 Å². The van der Waals surface area contributed by atoms with E-state index in [0.717, 1.165) is 0 Å². The quantitative estimate of drug-likeness (QED) is 0.571. The van der Waals surface area contributed by atoms with Crippen molar-refractivity contribution in [1.82, 2.24) is 9.80 Å². The first-order valence-electron chi connectivity index (χ1n) is 4.50. The molecule has 0 radical (unpaired) electrons. The van der Waals surface area contributed by atoms with E-state index in [2.05, 4.69) is 11.8 Å². The van der Waals surface area contributed by atoms with Crippen LogP contribution < -0.4 is 0 Å². The second-order valence-corrected chi connectivity index (χ2v) is 3.54. The SMILES string of the molecule is CCCCN1CC1.CN(C)C. The minimum absolute atomic E-state index is 1.34. The zero-order valence-corrected chi connectivity index (χ0v) is 8.43. The van der Waals surface area contributed by atoms with Crippen molar-refractivity contribution in [2.75, 3.05) is 40.8 Å². The van der Waals surface area contributed by atoms with E-state index in [4.69, 9.17) is 0 Å². The predicted molar refractivity (Wildman–Crippen MR) is 51.0 cm³/mol. The van der Waals surface area contributed by atoms with Gasteiger partial charge < -0.3 is 9.80 Å². The van der Waals surface area contributed by atoms with E-state index in [-0.39, 0.29) is 0 Å². The molecule has 1 heterocycles. The molecule has 1 fully saturated rings. The molecule has 11 heavy (non-hydrogen) atoms. The van der Waals surface area contributed by atoms with Gasteiger partial charge in [0.25, 0.3) is 0 Å². The second-order valence-electron chi connectivity index (χ2n) is 3.54. The molecule has 0 spiro atoms. The van der Waals surface area contributed by atoms with E-state index < -0.39 is 0 Å². The van der Waals surface area contributed by atoms with Gasteiger partial charge in [-0.3, -0.25) is 0 Å². The molecule has 0 aromatic rings. The maximum Gasteiger partial charge on any atom is 0.0110 e. The van der Waals surface area contributed by atoms with E-state index in [1.807, 2.05) is 26.0 Å². The molecule has 0 bridgehead atoms. The number of rotatable bonds is 3. The summed E-state index contributed by atoms with van der Waals surface area (Å²) in [6.45, 7) is 6.31. The molecule has 0 atom stereocenters. The van der Waals surface area contributed by atoms with Crippen LogP contribution in [0.5, 0.6) is 0 Å². The molecule has 0 amide bonds. The molecule has 0 N–H and O–H groups in total. The van der Waals surface area contributed by atoms with Gasteiger partial charge in [0.1, 0.15) is 0 Å². The van der Waals surface area contributed by atoms with Crippen LogP contribution in [0.4, 0.5) is 0 Å². The van der Waals surface area contributed by atoms with Crippen LogP contribution in [0.2, 0.25) is 0 Å². The highest BCUT2D eigenvalue weighted by Crippen LogP contribution is 2.03. The van der Waals surface area contributed by atoms with Crippen LogP contribution in [0, 0.1) is 0 Å². The Morgan fingerprint density at radius 3 is 1.91 bits per heavy atom. The second kappa shape index (κ2) is 6.62. The zero-order chi connectivity index (χ0) is 8.69. The van der Waals surface area contributed by atoms with Crippen LogP contribution in [0.3, 0.4) is 0 Å². The normalized spacial score (nSPS) is 16.1. The maximum atomic E-state index is 2.46. The van der Waals surface area contributed by atoms with Crippen molar-refractivity contribution >= 4 is 0 Å². The van der Waals surface area contributed by atoms with Crippen molar-refractivity contribution in [3.8, 4) is 0 Å². The van der Waals surface area contributed by atoms with E-state index in [9.17, 15) is 0 Å². The molecular formula is C9H22N2. The van der Waals surface area contributed by atoms with Crippen molar-refractivity contribution in [2.24, 2.45) is 0 Å². The summed E-state index contributed by atoms with van der Waals surface area (Å²) in [6, 6.07) is 0. The summed E-state index contributed by atoms with van der Waals surface area (Å²) >= 11 is 0. The largest absolute Gasteiger partial charge is 0.312 e. The van der Waals surface area contributed by atoms with Crippen LogP contribution in [-0.4, -0.2) is 50.6 Å². The summed E-state index contributed by atoms with van der Waals surface area (Å²) in [6.07, 6.45) is 2.73. The Balaban J connectivity index is 0.000000218. The summed E-state index contributed by atoms with van der Waals surface area (Å²) in [4.78, 5) is 4.46. The van der Waals surface area contributed by atoms with Gasteiger partial charge in [0.05, 0.1) is 0 Å². The molecule has 0 aromatic heterocycles. The average molecular weight is 158 g/mol. The van der Waals surface area contributed by atoms with E-state index in [0.29, 0.717) is 0 Å². The first-order valence-corrected chi connectivity index (χ1v) is 4.50. The van der Waals surface area contributed by atoms with Gasteiger partial charge in [-0.1, -0.05) is 13.3 Å². The lowest BCUT2D eigenvalue weighted by atomic mass is 10.3. The minimum atomic E-state index is 1.34. The van der Waals surface area contributed by atoms with Gasteiger partial charge in [-0.2, -0.15) is 0 Å². The lowest BCUT2D eigenvalue weighted by Crippen LogP contribution is -1.99. The van der Waals surface area contributed by atoms with Crippen LogP contribution in [0.15, 0.2) is 0 Å². The Kier molecular flexibility index (Phi) is 6.57. The first kappa shape index (κ1) is 10.9. The minimum Gasteiger partial charge on any atom is -0.312 e. The Morgan fingerprint density at radius 2 is 1.64 bits per heavy atom. The number of hydrogen-bond donors (Lipinski definition) is 0. The van der Waals surface area contributed by atoms with Crippen LogP contribution >= 0.6 is 0 Å². The third kappa shape index (κ3) is 13.0. The van der Waals surface area contributed by atoms with Gasteiger partial charge in [-0.15, -0.1) is 0 Å². The molecule has 2 nitrogen and oxygen atoms in total. The molecule has 1 rings (SSSR count). The number of hydrogen-bond acceptors (Lipinski definition) is 2. The number of unbranched alkanes of at least 4 members (excludes halogenated alkanes) is 1. The fraction of sp³-hybridized carbons (Fsp3) is 1.00. The van der Waals surface area contributed by atoms with Crippen molar-refractivity contribution < 1.29 is 0 Å². The van der Waals surface area contributed by atoms with Crippen LogP contribution in [-0.2, 0) is 0 Å². The van der Waals surface area contributed by atoms with Gasteiger partial charge in [-0.25, -0.2) is 0 Å². The Bertz CT molecular complexity index is 74.9. The highest BCUT2D eigenvalue weighted by Gasteiger charge is 2.14. The smallest absolute Gasteiger partial charge is 0.0110 e. The highest BCUT2D eigenvalue weighted by molar-refractivity contribution is 4.70. The molecule has 0 saturated carbocycles. The van der Waals surface area contributed by atoms with Crippen molar-refractivity contribution in [1.29, 1.82) is 0 Å². The van der Waals surface area contributed by atoms with Gasteiger partial charge in [0, 0.05) is 13.1 Å². The molecule has 1 aliphatic heterocycles. The van der Waals surface area contributed by atoms with Crippen LogP contribution in [0.1, 0.15) is 19.8 Å². The fourth-order valence-corrected chi connectivity index (χ4v) is 0.676. The van der Waals surface area contributed by atoms with Crippen molar-refractivity contribution in [3.05, 3.63) is 0 Å². The zero-order valence-electron chi connectivity index (χ0n) is 8.43. The molecule has 1 aliphatic rings. The Hall–Kier alpha value is -0.0800. The molecule has 0 aliphatic carbocycles. The van der Waals surface area contributed by atoms with Gasteiger partial charge >= 0.3 is 0 Å². The van der Waals surface area contributed by atoms with Gasteiger partial charge in [0.15, 0.2) is 0 Å². The lowest BCUT2D eigenvalue weighted by Gasteiger charge is -1.93. The molecular weight excluding hydrogens is 136 g/mol. The Morgan fingerprint density at radius 1 is 1.18 bits per heavy atom. The first-order chi connectivity index (χ1) is 5.16. The third-order valence-electron chi connectivity index (χ3n) is 1.37. The molecule has 68 valence electrons. The number of nitrogens with zero attached hydrogens (tertiary/aromatic N) is 2. The van der Waals surface area contributed by atoms with Crippen molar-refractivity contribution in [3.63, 3.8) is 0 Å². The van der Waals surface area contributed by atoms with E-state index in [1.165, 1.54) is 32.5 Å². The van der Waals surface area contributed by atoms with Gasteiger partial charge in [-0.05, 0) is 34.1 Å². The van der Waals surface area contributed by atoms with E-state index >= 15 is 0 Å². The summed E-state index contributed by atoms with van der Waals surface area (Å²) in [5.74, 6) is 0. The molecule has 0 unspecified atom stereocenters. The summed E-state index contributed by atoms with van der Waals surface area (Å²) in [5, 5.41) is 0. The van der Waals surface area contributed by atoms with Crippen molar-refractivity contribution in [2.45, 2.75) is 19.8 Å². The third-order valence-corrected chi connectivity index (χ3v) is 1.37. The maximum absolute atomic E-state index is 2.46. The standard InChI is InChI=1S/C6H13N.C3H9N/c1-2-3-4-7-5-6-7;1-4(2)3/h2-6H2,1H3;1-3H3. The monoisotopic (exact) mass is 158 g/mol. The fourth-order valence-electron chi connectivity index (χ4n) is 0.676. The molecule has 0 aromatic carbocycles. The average Bonchev–Trinajstić information content (AvgIpc) is 2.64. The summed E-state index contributed by atoms with van der Waals surface area (Å²) in [7, 11) is 6.00. The molecule has 2 heteroatoms. The molecule has 1 saturated heterocycles. The Labute approximate surface area is 71.2 Å². The highest BCUT2D eigenvalue weighted by atomic mass is 15.2.